The first kappa shape index (κ1) is 120. The molecule has 0 aliphatic carbocycles. The van der Waals surface area contributed by atoms with Crippen LogP contribution in [0.1, 0.15) is 83.7 Å². The summed E-state index contributed by atoms with van der Waals surface area (Å²) >= 11 is 40.4. The third-order valence-corrected chi connectivity index (χ3v) is 15.2. The van der Waals surface area contributed by atoms with E-state index in [0.717, 1.165) is 42.3 Å². The number of carbonyl (C=O) groups is 2. The summed E-state index contributed by atoms with van der Waals surface area (Å²) < 4.78 is 15.0. The third kappa shape index (κ3) is 49.0. The minimum Gasteiger partial charge on any atom is -0.870 e. The Morgan fingerprint density at radius 3 is 1.61 bits per heavy atom. The van der Waals surface area contributed by atoms with Crippen molar-refractivity contribution >= 4 is 210 Å². The maximum atomic E-state index is 11.8. The van der Waals surface area contributed by atoms with Crippen molar-refractivity contribution in [3.8, 4) is 0 Å². The second-order valence-corrected chi connectivity index (χ2v) is 25.9. The van der Waals surface area contributed by atoms with Crippen LogP contribution in [-0.2, 0) is 28.8 Å². The quantitative estimate of drug-likeness (QED) is 0.0204. The zero-order valence-corrected chi connectivity index (χ0v) is 76.2. The number of nitrogens with two attached hydrogens (primary N) is 1. The predicted octanol–water partition coefficient (Wildman–Crippen LogP) is 8.65. The number of hydrogen-bond donors (Lipinski definition) is 7. The first-order chi connectivity index (χ1) is 51.0. The number of hydrogen-bond acceptors (Lipinski definition) is 26. The molecule has 0 saturated heterocycles. The van der Waals surface area contributed by atoms with Crippen molar-refractivity contribution in [3.63, 3.8) is 0 Å². The Labute approximate surface area is 786 Å². The van der Waals surface area contributed by atoms with Gasteiger partial charge in [0.1, 0.15) is 25.8 Å². The molecular formula is C68H83BBr2Cl2FKN20NaO11S7. The van der Waals surface area contributed by atoms with Crippen LogP contribution in [0.25, 0.3) is 22.1 Å². The molecule has 0 bridgehead atoms. The van der Waals surface area contributed by atoms with Crippen LogP contribution in [-0.4, -0.2) is 151 Å². The van der Waals surface area contributed by atoms with Crippen molar-refractivity contribution in [1.82, 2.24) is 78.0 Å². The van der Waals surface area contributed by atoms with E-state index >= 15 is 0 Å². The van der Waals surface area contributed by atoms with Gasteiger partial charge in [-0.1, -0.05) is 138 Å². The Morgan fingerprint density at radius 1 is 0.693 bits per heavy atom. The number of benzene rings is 2. The molecular weight excluding hydrogens is 1820 g/mol. The molecule has 2 amide bonds. The zero-order valence-electron chi connectivity index (χ0n) is 60.6. The normalized spacial score (nSPS) is 8.79. The number of aryl methyl sites for hydroxylation is 3. The van der Waals surface area contributed by atoms with Crippen molar-refractivity contribution < 1.29 is 137 Å². The van der Waals surface area contributed by atoms with Gasteiger partial charge in [-0.05, 0) is 217 Å². The number of thiol groups is 1. The van der Waals surface area contributed by atoms with Gasteiger partial charge in [-0.2, -0.15) is 33.8 Å². The number of halogens is 5. The number of carbonyl (C=O) groups excluding carboxylic acids is 8. The molecule has 0 spiro atoms. The van der Waals surface area contributed by atoms with E-state index in [-0.39, 0.29) is 157 Å². The smallest absolute Gasteiger partial charge is 0.870 e. The number of nitrogens with one attached hydrogen (secondary N) is 5. The van der Waals surface area contributed by atoms with Crippen LogP contribution in [0, 0.1) is 25.5 Å². The van der Waals surface area contributed by atoms with Crippen molar-refractivity contribution in [3.05, 3.63) is 246 Å². The Hall–Kier alpha value is -7.16. The molecule has 13 aromatic rings. The van der Waals surface area contributed by atoms with Gasteiger partial charge in [0.05, 0.1) is 16.9 Å². The SMILES string of the molecule is C.C.C.CC(C)(C)[O-].CSc1nc(Cl)c2ccc(Br)n2n1.CSc1nc(Cl)c2cccn2n1.CSc1ncc2ccc(Br)n2n1.Cc1ccc[nH]1.Cc1cccn1N.Cc1cccn1NC(=S)NC(=O)c1ccccc1.F.O=C(N=C=S)c1ccccc1.O=C=O.O=C=O.O=C=O.O=c1[nH]c(=S)[nH]n2cccc12.[2HH].[B]=NS.[HH].[K+].[Na+].[OH-]. The summed E-state index contributed by atoms with van der Waals surface area (Å²) in [5.74, 6) is 4.79. The Balaban J connectivity index is -0.000000157. The summed E-state index contributed by atoms with van der Waals surface area (Å²) in [6, 6.07) is 44.3. The van der Waals surface area contributed by atoms with E-state index in [1.165, 1.54) is 41.0 Å². The van der Waals surface area contributed by atoms with Gasteiger partial charge < -0.3 is 21.4 Å². The van der Waals surface area contributed by atoms with Gasteiger partial charge in [0.2, 0.25) is 15.5 Å². The standard InChI is InChI=1S/C13H13N3OS.C8H5NOS.C7H5BrClN3S.C7H6BrN3S.C7H6ClN3S.C6H5N3OS.C5H8N2.C5H7N.C4H9O.3CO2.3CH4.BHNS.FH.K.Na.H2O.2H2/c1-10-6-5-9-16(10)15-13(18)14-12(17)11-7-3-2-4-8-11;10-8(9-6-11)7-4-2-1-3-5-7;1-13-7-10-6(9)4-2-3-5(8)12(4)11-7;1-12-7-9-4-5-2-3-6(8)11(5)10-7;1-12-7-9-6(8)5-3-2-4-11(5)10-7;10-5-4-2-1-3-9(4)8-6(11)7-5;1-5-3-2-4-7(5)6;1-5-3-2-4-6-5;1-4(2,3)5;3*2-1-3;;;;1-2-3;;;;;;/h2-9H,1H3,(H2,14,15,17,18);1-5H;2-3H,1H3;2*2-4H,1H3;1-3H,(H2,7,8,10,11);2-4H,6H2,1H3;2-4,6H,1H3;1-3H3;;;;3*1H4;3H;1H;;;1H2;2*1H/q;;;;;;;;-1;;;;;;;;;2*+1;;;/p-1/i;;;;;;;;;;;;;;;;;;;;1+1;. The van der Waals surface area contributed by atoms with Crippen molar-refractivity contribution in [2.75, 3.05) is 30.0 Å². The maximum absolute atomic E-state index is 11.8. The molecule has 2 aromatic carbocycles. The summed E-state index contributed by atoms with van der Waals surface area (Å²) in [6.07, 6.45) is 17.5. The first-order valence-electron chi connectivity index (χ1n) is 29.3. The summed E-state index contributed by atoms with van der Waals surface area (Å²) in [5, 5.41) is 33.6. The van der Waals surface area contributed by atoms with Gasteiger partial charge in [0.15, 0.2) is 20.2 Å². The Bertz CT molecular complexity index is 5120. The average Bonchev–Trinajstić information content (AvgIpc) is 1.66. The van der Waals surface area contributed by atoms with Crippen LogP contribution in [0.4, 0.5) is 4.70 Å². The van der Waals surface area contributed by atoms with Gasteiger partial charge in [-0.3, -0.25) is 53.8 Å². The number of isothiocyanates is 1. The predicted molar refractivity (Wildman–Crippen MR) is 459 cm³/mol. The number of nitrogen functional groups attached to an aromatic ring is 1. The van der Waals surface area contributed by atoms with Crippen LogP contribution < -0.4 is 108 Å². The fraction of sp³-hybridized carbons (Fsp3) is 0.191. The summed E-state index contributed by atoms with van der Waals surface area (Å²) in [6.45, 7) is 10.8. The van der Waals surface area contributed by atoms with E-state index in [1.807, 2.05) is 177 Å². The zero-order chi connectivity index (χ0) is 80.4. The van der Waals surface area contributed by atoms with Gasteiger partial charge in [-0.25, -0.2) is 28.5 Å². The third-order valence-electron chi connectivity index (χ3n) is 11.4. The van der Waals surface area contributed by atoms with Crippen LogP contribution in [0.15, 0.2) is 222 Å². The largest absolute Gasteiger partial charge is 1.00 e. The minimum atomic E-state index is -0.750. The molecule has 603 valence electrons. The number of aromatic nitrogens is 15. The van der Waals surface area contributed by atoms with Gasteiger partial charge in [-0.15, -0.1) is 20.9 Å². The average molecular weight is 1900 g/mol. The molecule has 0 fully saturated rings. The molecule has 0 unspecified atom stereocenters. The minimum absolute atomic E-state index is 0. The number of aliphatic imine (C=N–C) groups is 1. The van der Waals surface area contributed by atoms with Crippen LogP contribution in [0.2, 0.25) is 10.3 Å². The molecule has 46 heteroatoms. The molecule has 8 N–H and O–H groups in total. The molecule has 0 atom stereocenters. The Kier molecular flexibility index (Phi) is 72.7. The number of rotatable bonds is 6. The monoisotopic (exact) mass is 1900 g/mol. The molecule has 31 nitrogen and oxygen atoms in total. The fourth-order valence-electron chi connectivity index (χ4n) is 6.96. The number of thiocarbonyl (C=S) groups is 2. The van der Waals surface area contributed by atoms with Gasteiger partial charge in [0.25, 0.3) is 17.4 Å². The van der Waals surface area contributed by atoms with Crippen molar-refractivity contribution in [2.24, 2.45) is 9.29 Å². The van der Waals surface area contributed by atoms with Crippen LogP contribution in [0.5, 0.6) is 0 Å². The molecule has 114 heavy (non-hydrogen) atoms. The van der Waals surface area contributed by atoms with E-state index in [2.05, 4.69) is 130 Å². The van der Waals surface area contributed by atoms with Crippen molar-refractivity contribution in [2.45, 2.75) is 84.9 Å². The summed E-state index contributed by atoms with van der Waals surface area (Å²) in [4.78, 5) is 104. The number of H-pyrrole nitrogens is 3. The number of amides is 2. The molecule has 13 rings (SSSR count). The Morgan fingerprint density at radius 2 is 1.16 bits per heavy atom. The first-order valence-corrected chi connectivity index (χ1v) is 37.0. The fourth-order valence-corrected chi connectivity index (χ4v) is 9.81. The molecule has 0 aliphatic heterocycles. The van der Waals surface area contributed by atoms with E-state index < -0.39 is 5.60 Å². The number of aromatic amines is 3. The summed E-state index contributed by atoms with van der Waals surface area (Å²) in [7, 11) is 4.34. The maximum Gasteiger partial charge on any atom is 1.00 e. The van der Waals surface area contributed by atoms with Gasteiger partial charge >= 0.3 is 124 Å². The van der Waals surface area contributed by atoms with Gasteiger partial charge in [0, 0.05) is 62.0 Å². The molecule has 1 radical (unpaired) electrons. The number of thioether (sulfide) groups is 3. The van der Waals surface area contributed by atoms with E-state index in [1.54, 1.807) is 98.4 Å². The number of nitrogens with zero attached hydrogens (tertiary/aromatic N) is 14. The topological polar surface area (TPSA) is 434 Å². The van der Waals surface area contributed by atoms with E-state index in [0.29, 0.717) is 42.0 Å². The summed E-state index contributed by atoms with van der Waals surface area (Å²) in [5.41, 5.74) is 9.62. The second-order valence-electron chi connectivity index (χ2n) is 20.0. The van der Waals surface area contributed by atoms with E-state index in [9.17, 15) is 19.5 Å². The molecule has 0 aliphatic rings. The van der Waals surface area contributed by atoms with E-state index in [4.69, 9.17) is 82.2 Å². The van der Waals surface area contributed by atoms with Crippen LogP contribution >= 0.6 is 140 Å². The molecule has 11 aromatic heterocycles. The second kappa shape index (κ2) is 69.0. The molecule has 11 heterocycles. The number of fused-ring (bicyclic) bond motifs is 4. The van der Waals surface area contributed by atoms with Crippen LogP contribution in [0.3, 0.4) is 0 Å². The van der Waals surface area contributed by atoms with Crippen molar-refractivity contribution in [1.29, 1.82) is 0 Å². The molecule has 0 saturated carbocycles.